The average molecular weight is 305 g/mol. The molecule has 20 heavy (non-hydrogen) atoms. The Kier molecular flexibility index (Phi) is 5.43. The molecule has 2 rings (SSSR count). The molecule has 0 saturated heterocycles. The molecule has 4 nitrogen and oxygen atoms in total. The van der Waals surface area contributed by atoms with E-state index in [0.29, 0.717) is 5.75 Å². The summed E-state index contributed by atoms with van der Waals surface area (Å²) in [5.74, 6) is 1.24. The van der Waals surface area contributed by atoms with Gasteiger partial charge in [0.25, 0.3) is 0 Å². The minimum absolute atomic E-state index is 0.105. The van der Waals surface area contributed by atoms with Crippen molar-refractivity contribution in [3.63, 3.8) is 0 Å². The summed E-state index contributed by atoms with van der Waals surface area (Å²) >= 11 is 3.02. The van der Waals surface area contributed by atoms with Crippen LogP contribution in [0.5, 0.6) is 0 Å². The second-order valence-electron chi connectivity index (χ2n) is 3.89. The Labute approximate surface area is 126 Å². The summed E-state index contributed by atoms with van der Waals surface area (Å²) in [6.45, 7) is 0. The third-order valence-corrected chi connectivity index (χ3v) is 4.55. The fourth-order valence-corrected chi connectivity index (χ4v) is 3.43. The fourth-order valence-electron chi connectivity index (χ4n) is 1.66. The first kappa shape index (κ1) is 14.9. The standard InChI is InChI=1S/C14H15N3OS2/c1-15-13-12(14(19-2)17-9-16-13)20-8-11(18)10-6-4-3-5-7-10/h3-7,9H,8H2,1-2H3,(H,15,16,17). The Hall–Kier alpha value is -1.53. The van der Waals surface area contributed by atoms with Gasteiger partial charge in [-0.1, -0.05) is 30.3 Å². The molecule has 0 saturated carbocycles. The van der Waals surface area contributed by atoms with Gasteiger partial charge in [-0.2, -0.15) is 0 Å². The number of nitrogens with one attached hydrogen (secondary N) is 1. The largest absolute Gasteiger partial charge is 0.372 e. The van der Waals surface area contributed by atoms with Crippen molar-refractivity contribution in [2.75, 3.05) is 24.4 Å². The monoisotopic (exact) mass is 305 g/mol. The Balaban J connectivity index is 2.13. The number of carbonyl (C=O) groups excluding carboxylic acids is 1. The molecule has 104 valence electrons. The molecule has 1 heterocycles. The number of Topliss-reactive ketones (excluding diaryl/α,β-unsaturated/α-hetero) is 1. The van der Waals surface area contributed by atoms with Crippen LogP contribution in [0.3, 0.4) is 0 Å². The first-order valence-corrected chi connectivity index (χ1v) is 8.25. The molecule has 0 bridgehead atoms. The van der Waals surface area contributed by atoms with Crippen molar-refractivity contribution < 1.29 is 4.79 Å². The Bertz CT molecular complexity index is 568. The lowest BCUT2D eigenvalue weighted by atomic mass is 10.2. The summed E-state index contributed by atoms with van der Waals surface area (Å²) in [4.78, 5) is 21.5. The van der Waals surface area contributed by atoms with E-state index in [1.54, 1.807) is 11.8 Å². The lowest BCUT2D eigenvalue weighted by molar-refractivity contribution is 0.102. The topological polar surface area (TPSA) is 54.9 Å². The first-order chi connectivity index (χ1) is 9.76. The Morgan fingerprint density at radius 3 is 2.65 bits per heavy atom. The quantitative estimate of drug-likeness (QED) is 0.502. The minimum Gasteiger partial charge on any atom is -0.372 e. The van der Waals surface area contributed by atoms with Crippen LogP contribution in [0, 0.1) is 0 Å². The van der Waals surface area contributed by atoms with Crippen molar-refractivity contribution >= 4 is 35.1 Å². The number of benzene rings is 1. The minimum atomic E-state index is 0.105. The van der Waals surface area contributed by atoms with Gasteiger partial charge in [0.05, 0.1) is 10.6 Å². The van der Waals surface area contributed by atoms with E-state index in [4.69, 9.17) is 0 Å². The van der Waals surface area contributed by atoms with Gasteiger partial charge in [-0.05, 0) is 6.26 Å². The smallest absolute Gasteiger partial charge is 0.173 e. The van der Waals surface area contributed by atoms with Crippen LogP contribution in [0.15, 0.2) is 46.6 Å². The SMILES string of the molecule is CNc1ncnc(SC)c1SCC(=O)c1ccccc1. The predicted octanol–water partition coefficient (Wildman–Crippen LogP) is 3.22. The van der Waals surface area contributed by atoms with Crippen LogP contribution in [0.25, 0.3) is 0 Å². The van der Waals surface area contributed by atoms with Gasteiger partial charge in [-0.3, -0.25) is 4.79 Å². The third kappa shape index (κ3) is 3.52. The highest BCUT2D eigenvalue weighted by molar-refractivity contribution is 8.02. The van der Waals surface area contributed by atoms with E-state index in [1.165, 1.54) is 18.1 Å². The molecule has 0 aliphatic rings. The zero-order valence-electron chi connectivity index (χ0n) is 11.3. The fraction of sp³-hybridized carbons (Fsp3) is 0.214. The summed E-state index contributed by atoms with van der Waals surface area (Å²) in [5, 5.41) is 3.92. The maximum absolute atomic E-state index is 12.1. The number of hydrogen-bond acceptors (Lipinski definition) is 6. The zero-order chi connectivity index (χ0) is 14.4. The van der Waals surface area contributed by atoms with Gasteiger partial charge >= 0.3 is 0 Å². The number of carbonyl (C=O) groups is 1. The van der Waals surface area contributed by atoms with E-state index in [9.17, 15) is 4.79 Å². The number of thioether (sulfide) groups is 2. The second-order valence-corrected chi connectivity index (χ2v) is 5.67. The van der Waals surface area contributed by atoms with Crippen molar-refractivity contribution in [2.24, 2.45) is 0 Å². The summed E-state index contributed by atoms with van der Waals surface area (Å²) in [5.41, 5.74) is 0.730. The maximum atomic E-state index is 12.1. The van der Waals surface area contributed by atoms with E-state index in [1.807, 2.05) is 43.6 Å². The van der Waals surface area contributed by atoms with E-state index < -0.39 is 0 Å². The summed E-state index contributed by atoms with van der Waals surface area (Å²) in [7, 11) is 1.81. The molecule has 1 N–H and O–H groups in total. The number of aromatic nitrogens is 2. The summed E-state index contributed by atoms with van der Waals surface area (Å²) in [6.07, 6.45) is 3.49. The van der Waals surface area contributed by atoms with E-state index in [0.717, 1.165) is 21.3 Å². The molecule has 1 aromatic heterocycles. The van der Waals surface area contributed by atoms with Crippen molar-refractivity contribution in [3.05, 3.63) is 42.2 Å². The van der Waals surface area contributed by atoms with Crippen LogP contribution < -0.4 is 5.32 Å². The number of hydrogen-bond donors (Lipinski definition) is 1. The predicted molar refractivity (Wildman–Crippen MR) is 84.9 cm³/mol. The maximum Gasteiger partial charge on any atom is 0.173 e. The Morgan fingerprint density at radius 2 is 2.00 bits per heavy atom. The van der Waals surface area contributed by atoms with Crippen LogP contribution in [0.2, 0.25) is 0 Å². The van der Waals surface area contributed by atoms with Crippen molar-refractivity contribution in [1.29, 1.82) is 0 Å². The van der Waals surface area contributed by atoms with Gasteiger partial charge in [-0.15, -0.1) is 23.5 Å². The second kappa shape index (κ2) is 7.31. The molecule has 1 aromatic carbocycles. The lowest BCUT2D eigenvalue weighted by Gasteiger charge is -2.10. The van der Waals surface area contributed by atoms with Crippen LogP contribution in [-0.4, -0.2) is 34.8 Å². The molecular weight excluding hydrogens is 290 g/mol. The number of nitrogens with zero attached hydrogens (tertiary/aromatic N) is 2. The number of rotatable bonds is 6. The number of ketones is 1. The normalized spacial score (nSPS) is 10.3. The zero-order valence-corrected chi connectivity index (χ0v) is 12.9. The van der Waals surface area contributed by atoms with Gasteiger partial charge in [0, 0.05) is 12.6 Å². The van der Waals surface area contributed by atoms with Gasteiger partial charge in [0.15, 0.2) is 5.78 Å². The molecular formula is C14H15N3OS2. The van der Waals surface area contributed by atoms with E-state index in [-0.39, 0.29) is 5.78 Å². The molecule has 0 atom stereocenters. The van der Waals surface area contributed by atoms with Gasteiger partial charge < -0.3 is 5.32 Å². The highest BCUT2D eigenvalue weighted by Gasteiger charge is 2.13. The van der Waals surface area contributed by atoms with Gasteiger partial charge in [0.2, 0.25) is 0 Å². The molecule has 0 spiro atoms. The number of anilines is 1. The average Bonchev–Trinajstić information content (AvgIpc) is 2.52. The summed E-state index contributed by atoms with van der Waals surface area (Å²) < 4.78 is 0. The van der Waals surface area contributed by atoms with Crippen LogP contribution >= 0.6 is 23.5 Å². The summed E-state index contributed by atoms with van der Waals surface area (Å²) in [6, 6.07) is 9.31. The molecule has 2 aromatic rings. The van der Waals surface area contributed by atoms with Gasteiger partial charge in [-0.25, -0.2) is 9.97 Å². The third-order valence-electron chi connectivity index (χ3n) is 2.64. The molecule has 0 radical (unpaired) electrons. The van der Waals surface area contributed by atoms with Gasteiger partial charge in [0.1, 0.15) is 17.2 Å². The molecule has 0 amide bonds. The highest BCUT2D eigenvalue weighted by Crippen LogP contribution is 2.33. The lowest BCUT2D eigenvalue weighted by Crippen LogP contribution is -2.04. The molecule has 0 aliphatic carbocycles. The Morgan fingerprint density at radius 1 is 1.25 bits per heavy atom. The van der Waals surface area contributed by atoms with Crippen LogP contribution in [0.1, 0.15) is 10.4 Å². The molecule has 6 heteroatoms. The van der Waals surface area contributed by atoms with Crippen molar-refractivity contribution in [3.8, 4) is 0 Å². The highest BCUT2D eigenvalue weighted by atomic mass is 32.2. The first-order valence-electron chi connectivity index (χ1n) is 6.04. The van der Waals surface area contributed by atoms with E-state index >= 15 is 0 Å². The van der Waals surface area contributed by atoms with Crippen molar-refractivity contribution in [2.45, 2.75) is 9.92 Å². The molecule has 0 fully saturated rings. The van der Waals surface area contributed by atoms with E-state index in [2.05, 4.69) is 15.3 Å². The van der Waals surface area contributed by atoms with Crippen LogP contribution in [0.4, 0.5) is 5.82 Å². The van der Waals surface area contributed by atoms with Crippen LogP contribution in [-0.2, 0) is 0 Å². The molecule has 0 unspecified atom stereocenters. The van der Waals surface area contributed by atoms with Crippen molar-refractivity contribution in [1.82, 2.24) is 9.97 Å². The molecule has 0 aliphatic heterocycles.